The minimum Gasteiger partial charge on any atom is -0.302 e. The second-order valence-electron chi connectivity index (χ2n) is 8.46. The number of nitrogens with one attached hydrogen (secondary N) is 3. The Balaban J connectivity index is 1.48. The first-order chi connectivity index (χ1) is 14.4. The highest BCUT2D eigenvalue weighted by molar-refractivity contribution is 5.94. The average Bonchev–Trinajstić information content (AvgIpc) is 3.11. The van der Waals surface area contributed by atoms with Crippen LogP contribution in [0.5, 0.6) is 0 Å². The summed E-state index contributed by atoms with van der Waals surface area (Å²) in [6, 6.07) is 7.63. The second-order valence-corrected chi connectivity index (χ2v) is 8.46. The van der Waals surface area contributed by atoms with E-state index >= 15 is 4.39 Å². The third-order valence-corrected chi connectivity index (χ3v) is 6.45. The van der Waals surface area contributed by atoms with Crippen molar-refractivity contribution in [2.24, 2.45) is 0 Å². The van der Waals surface area contributed by atoms with Crippen molar-refractivity contribution < 1.29 is 13.6 Å². The average molecular weight is 413 g/mol. The standard InChI is InChI=1S/C22H25F2N5O/c1-12-4-3-5-16(23)22(12)29-18(30)10-17-21(27-29)20(26-25-17)14-7-6-13-8-9-28(2)11-15(13)19(14)24/h3-7,17,20-21,25-27H,8-11H2,1-2H3. The number of hydrogen-bond acceptors (Lipinski definition) is 5. The molecular formula is C22H25F2N5O. The minimum atomic E-state index is -0.465. The molecule has 1 amide bonds. The molecular weight excluding hydrogens is 388 g/mol. The lowest BCUT2D eigenvalue weighted by molar-refractivity contribution is -0.121. The number of halogens is 2. The first-order valence-electron chi connectivity index (χ1n) is 10.3. The van der Waals surface area contributed by atoms with Crippen LogP contribution in [0.15, 0.2) is 30.3 Å². The molecule has 158 valence electrons. The van der Waals surface area contributed by atoms with Crippen LogP contribution in [-0.2, 0) is 17.8 Å². The zero-order chi connectivity index (χ0) is 21.0. The third-order valence-electron chi connectivity index (χ3n) is 6.45. The molecule has 2 saturated heterocycles. The molecule has 6 nitrogen and oxygen atoms in total. The maximum Gasteiger partial charge on any atom is 0.243 e. The van der Waals surface area contributed by atoms with E-state index in [-0.39, 0.29) is 35.9 Å². The monoisotopic (exact) mass is 413 g/mol. The number of likely N-dealkylation sites (N-methyl/N-ethyl adjacent to an activating group) is 1. The van der Waals surface area contributed by atoms with Gasteiger partial charge in [-0.1, -0.05) is 24.3 Å². The summed E-state index contributed by atoms with van der Waals surface area (Å²) < 4.78 is 30.0. The van der Waals surface area contributed by atoms with Gasteiger partial charge in [-0.2, -0.15) is 0 Å². The lowest BCUT2D eigenvalue weighted by atomic mass is 9.89. The van der Waals surface area contributed by atoms with Gasteiger partial charge in [0.1, 0.15) is 11.6 Å². The van der Waals surface area contributed by atoms with Crippen LogP contribution >= 0.6 is 0 Å². The molecule has 2 fully saturated rings. The fraction of sp³-hybridized carbons (Fsp3) is 0.409. The number of anilines is 1. The molecule has 0 radical (unpaired) electrons. The molecule has 0 spiro atoms. The van der Waals surface area contributed by atoms with Gasteiger partial charge in [-0.15, -0.1) is 0 Å². The molecule has 3 heterocycles. The summed E-state index contributed by atoms with van der Waals surface area (Å²) in [6.07, 6.45) is 1.02. The highest BCUT2D eigenvalue weighted by Gasteiger charge is 2.45. The number of nitrogens with zero attached hydrogens (tertiary/aromatic N) is 2. The maximum atomic E-state index is 15.5. The van der Waals surface area contributed by atoms with Crippen LogP contribution in [0.25, 0.3) is 0 Å². The van der Waals surface area contributed by atoms with E-state index < -0.39 is 11.9 Å². The molecule has 3 unspecified atom stereocenters. The van der Waals surface area contributed by atoms with Gasteiger partial charge in [-0.25, -0.2) is 24.6 Å². The summed E-state index contributed by atoms with van der Waals surface area (Å²) >= 11 is 0. The topological polar surface area (TPSA) is 59.6 Å². The van der Waals surface area contributed by atoms with Gasteiger partial charge in [-0.05, 0) is 37.6 Å². The molecule has 0 aliphatic carbocycles. The maximum absolute atomic E-state index is 15.5. The number of hydrogen-bond donors (Lipinski definition) is 3. The van der Waals surface area contributed by atoms with E-state index in [0.29, 0.717) is 17.7 Å². The van der Waals surface area contributed by atoms with Crippen LogP contribution in [0, 0.1) is 18.6 Å². The van der Waals surface area contributed by atoms with Crippen molar-refractivity contribution in [3.05, 3.63) is 64.2 Å². The molecule has 0 saturated carbocycles. The first-order valence-corrected chi connectivity index (χ1v) is 10.3. The summed E-state index contributed by atoms with van der Waals surface area (Å²) in [7, 11) is 1.99. The van der Waals surface area contributed by atoms with Crippen LogP contribution < -0.4 is 21.3 Å². The lowest BCUT2D eigenvalue weighted by Gasteiger charge is -2.37. The van der Waals surface area contributed by atoms with Crippen molar-refractivity contribution in [2.75, 3.05) is 18.6 Å². The van der Waals surface area contributed by atoms with Crippen molar-refractivity contribution in [1.82, 2.24) is 21.2 Å². The van der Waals surface area contributed by atoms with Gasteiger partial charge < -0.3 is 4.90 Å². The predicted octanol–water partition coefficient (Wildman–Crippen LogP) is 2.09. The summed E-state index contributed by atoms with van der Waals surface area (Å²) in [6.45, 7) is 3.26. The number of benzene rings is 2. The first kappa shape index (κ1) is 19.6. The summed E-state index contributed by atoms with van der Waals surface area (Å²) in [5, 5.41) is 1.29. The van der Waals surface area contributed by atoms with E-state index in [0.717, 1.165) is 24.1 Å². The van der Waals surface area contributed by atoms with Crippen molar-refractivity contribution in [3.8, 4) is 0 Å². The Labute approximate surface area is 174 Å². The highest BCUT2D eigenvalue weighted by atomic mass is 19.1. The van der Waals surface area contributed by atoms with E-state index in [9.17, 15) is 9.18 Å². The highest BCUT2D eigenvalue weighted by Crippen LogP contribution is 2.34. The number of para-hydroxylation sites is 1. The largest absolute Gasteiger partial charge is 0.302 e. The summed E-state index contributed by atoms with van der Waals surface area (Å²) in [5.41, 5.74) is 12.7. The number of amides is 1. The van der Waals surface area contributed by atoms with Crippen molar-refractivity contribution in [1.29, 1.82) is 0 Å². The van der Waals surface area contributed by atoms with Gasteiger partial charge in [0.2, 0.25) is 5.91 Å². The molecule has 3 atom stereocenters. The van der Waals surface area contributed by atoms with E-state index in [2.05, 4.69) is 21.2 Å². The number of carbonyl (C=O) groups excluding carboxylic acids is 1. The lowest BCUT2D eigenvalue weighted by Crippen LogP contribution is -2.60. The summed E-state index contributed by atoms with van der Waals surface area (Å²) in [5.74, 6) is -0.897. The van der Waals surface area contributed by atoms with Gasteiger partial charge in [0.25, 0.3) is 0 Å². The Kier molecular flexibility index (Phi) is 4.82. The van der Waals surface area contributed by atoms with E-state index in [1.165, 1.54) is 11.1 Å². The van der Waals surface area contributed by atoms with Crippen molar-refractivity contribution in [2.45, 2.75) is 44.4 Å². The van der Waals surface area contributed by atoms with Gasteiger partial charge in [-0.3, -0.25) is 10.2 Å². The Hall–Kier alpha value is -2.39. The van der Waals surface area contributed by atoms with Crippen LogP contribution in [0.2, 0.25) is 0 Å². The predicted molar refractivity (Wildman–Crippen MR) is 109 cm³/mol. The van der Waals surface area contributed by atoms with Gasteiger partial charge in [0, 0.05) is 36.7 Å². The number of carbonyl (C=O) groups is 1. The zero-order valence-electron chi connectivity index (χ0n) is 17.0. The number of aryl methyl sites for hydroxylation is 1. The molecule has 3 aliphatic rings. The summed E-state index contributed by atoms with van der Waals surface area (Å²) in [4.78, 5) is 14.8. The fourth-order valence-corrected chi connectivity index (χ4v) is 4.80. The Morgan fingerprint density at radius 3 is 2.77 bits per heavy atom. The molecule has 2 aromatic carbocycles. The Morgan fingerprint density at radius 1 is 1.13 bits per heavy atom. The van der Waals surface area contributed by atoms with Crippen molar-refractivity contribution in [3.63, 3.8) is 0 Å². The van der Waals surface area contributed by atoms with Crippen LogP contribution in [-0.4, -0.2) is 36.5 Å². The van der Waals surface area contributed by atoms with E-state index in [1.54, 1.807) is 19.1 Å². The van der Waals surface area contributed by atoms with Gasteiger partial charge in [0.05, 0.1) is 17.8 Å². The Bertz CT molecular complexity index is 993. The molecule has 3 aliphatic heterocycles. The fourth-order valence-electron chi connectivity index (χ4n) is 4.80. The zero-order valence-corrected chi connectivity index (χ0v) is 17.0. The van der Waals surface area contributed by atoms with Gasteiger partial charge in [0.15, 0.2) is 0 Å². The number of hydrazine groups is 2. The molecule has 3 N–H and O–H groups in total. The molecule has 0 bridgehead atoms. The normalized spacial score (nSPS) is 26.6. The quantitative estimate of drug-likeness (QED) is 0.704. The molecule has 2 aromatic rings. The van der Waals surface area contributed by atoms with Crippen LogP contribution in [0.3, 0.4) is 0 Å². The second kappa shape index (κ2) is 7.39. The van der Waals surface area contributed by atoms with Crippen LogP contribution in [0.4, 0.5) is 14.5 Å². The van der Waals surface area contributed by atoms with Crippen molar-refractivity contribution >= 4 is 11.6 Å². The Morgan fingerprint density at radius 2 is 1.97 bits per heavy atom. The van der Waals surface area contributed by atoms with E-state index in [4.69, 9.17) is 0 Å². The van der Waals surface area contributed by atoms with Crippen LogP contribution in [0.1, 0.15) is 34.7 Å². The molecule has 5 rings (SSSR count). The number of fused-ring (bicyclic) bond motifs is 2. The smallest absolute Gasteiger partial charge is 0.243 e. The molecule has 8 heteroatoms. The minimum absolute atomic E-state index is 0.185. The number of rotatable bonds is 2. The van der Waals surface area contributed by atoms with Gasteiger partial charge >= 0.3 is 0 Å². The molecule has 30 heavy (non-hydrogen) atoms. The third kappa shape index (κ3) is 3.11. The molecule has 0 aromatic heterocycles. The SMILES string of the molecule is Cc1cccc(F)c1N1NC2C(CC1=O)NNC2c1ccc2c(c1F)CN(C)CC2. The van der Waals surface area contributed by atoms with E-state index in [1.807, 2.05) is 19.2 Å².